The van der Waals surface area contributed by atoms with E-state index in [0.717, 1.165) is 5.75 Å². The first-order chi connectivity index (χ1) is 4.18. The number of carboxylic acids is 1. The maximum atomic E-state index is 10.1. The van der Waals surface area contributed by atoms with Gasteiger partial charge in [-0.15, -0.1) is 0 Å². The molecule has 0 saturated carbocycles. The first-order valence-corrected chi connectivity index (χ1v) is 4.05. The van der Waals surface area contributed by atoms with Crippen molar-refractivity contribution in [3.8, 4) is 0 Å². The van der Waals surface area contributed by atoms with Gasteiger partial charge in [0.05, 0.1) is 0 Å². The van der Waals surface area contributed by atoms with E-state index < -0.39 is 12.0 Å². The average molecular weight is 157 g/mol. The van der Waals surface area contributed by atoms with E-state index in [0.29, 0.717) is 6.42 Å². The summed E-state index contributed by atoms with van der Waals surface area (Å²) in [6.45, 7) is 0. The van der Waals surface area contributed by atoms with Crippen molar-refractivity contribution in [1.29, 1.82) is 0 Å². The van der Waals surface area contributed by atoms with E-state index in [-0.39, 0.29) is 20.3 Å². The van der Waals surface area contributed by atoms with Crippen LogP contribution in [0.5, 0.6) is 0 Å². The Kier molecular flexibility index (Phi) is 9.73. The van der Waals surface area contributed by atoms with Crippen molar-refractivity contribution in [2.24, 2.45) is 5.73 Å². The number of thioether (sulfide) groups is 1. The molecular formula is C5H12LiNO2S. The van der Waals surface area contributed by atoms with E-state index in [1.165, 1.54) is 0 Å². The molecule has 3 nitrogen and oxygen atoms in total. The van der Waals surface area contributed by atoms with E-state index in [1.807, 2.05) is 6.26 Å². The Bertz CT molecular complexity index is 106. The zero-order valence-electron chi connectivity index (χ0n) is 7.33. The van der Waals surface area contributed by atoms with Crippen LogP contribution < -0.4 is 24.6 Å². The zero-order valence-corrected chi connectivity index (χ0v) is 7.15. The molecule has 0 bridgehead atoms. The molecule has 10 heavy (non-hydrogen) atoms. The number of carbonyl (C=O) groups is 1. The minimum Gasteiger partial charge on any atom is -1.00 e. The van der Waals surface area contributed by atoms with Crippen LogP contribution >= 0.6 is 11.8 Å². The Morgan fingerprint density at radius 2 is 2.40 bits per heavy atom. The summed E-state index contributed by atoms with van der Waals surface area (Å²) in [7, 11) is 0. The maximum absolute atomic E-state index is 10.1. The smallest absolute Gasteiger partial charge is 1.00 e. The zero-order chi connectivity index (χ0) is 7.28. The van der Waals surface area contributed by atoms with Crippen LogP contribution in [0.1, 0.15) is 7.85 Å². The Hall–Kier alpha value is 0.377. The number of carboxylic acid groups (broad SMARTS) is 1. The number of hydrogen-bond acceptors (Lipinski definition) is 3. The molecule has 3 N–H and O–H groups in total. The second-order valence-corrected chi connectivity index (χ2v) is 2.71. The minimum absolute atomic E-state index is 0. The maximum Gasteiger partial charge on any atom is 1.00 e. The fourth-order valence-electron chi connectivity index (χ4n) is 0.368. The molecule has 56 valence electrons. The third-order valence-electron chi connectivity index (χ3n) is 0.950. The molecule has 0 aliphatic heterocycles. The van der Waals surface area contributed by atoms with Crippen molar-refractivity contribution in [3.63, 3.8) is 0 Å². The summed E-state index contributed by atoms with van der Waals surface area (Å²) in [6.07, 6.45) is 2.48. The molecule has 0 aliphatic rings. The molecule has 0 rings (SSSR count). The summed E-state index contributed by atoms with van der Waals surface area (Å²) in [6, 6.07) is -0.683. The second kappa shape index (κ2) is 7.48. The number of nitrogens with two attached hydrogens (primary N) is 1. The van der Waals surface area contributed by atoms with Crippen molar-refractivity contribution in [1.82, 2.24) is 0 Å². The van der Waals surface area contributed by atoms with Gasteiger partial charge in [-0.25, -0.2) is 0 Å². The van der Waals surface area contributed by atoms with Crippen molar-refractivity contribution in [3.05, 3.63) is 0 Å². The number of aliphatic carboxylic acids is 1. The van der Waals surface area contributed by atoms with Gasteiger partial charge in [-0.1, -0.05) is 0 Å². The fourth-order valence-corrected chi connectivity index (χ4v) is 0.858. The molecule has 0 aliphatic carbocycles. The van der Waals surface area contributed by atoms with Crippen LogP contribution in [0.4, 0.5) is 0 Å². The van der Waals surface area contributed by atoms with E-state index in [2.05, 4.69) is 0 Å². The Labute approximate surface area is 78.4 Å². The molecule has 0 amide bonds. The van der Waals surface area contributed by atoms with E-state index in [9.17, 15) is 4.79 Å². The van der Waals surface area contributed by atoms with Crippen LogP contribution in [0.25, 0.3) is 0 Å². The summed E-state index contributed by atoms with van der Waals surface area (Å²) >= 11 is 1.60. The van der Waals surface area contributed by atoms with Gasteiger partial charge in [-0.3, -0.25) is 4.79 Å². The average Bonchev–Trinajstić information content (AvgIpc) is 1.82. The van der Waals surface area contributed by atoms with E-state index in [1.54, 1.807) is 11.8 Å². The summed E-state index contributed by atoms with van der Waals surface area (Å²) in [5.41, 5.74) is 5.19. The van der Waals surface area contributed by atoms with Gasteiger partial charge in [-0.2, -0.15) is 11.8 Å². The first-order valence-electron chi connectivity index (χ1n) is 2.65. The monoisotopic (exact) mass is 157 g/mol. The van der Waals surface area contributed by atoms with Crippen molar-refractivity contribution < 1.29 is 30.2 Å². The van der Waals surface area contributed by atoms with Gasteiger partial charge in [0.15, 0.2) is 0 Å². The van der Waals surface area contributed by atoms with Crippen LogP contribution in [0.2, 0.25) is 0 Å². The topological polar surface area (TPSA) is 63.3 Å². The molecule has 0 radical (unpaired) electrons. The Morgan fingerprint density at radius 3 is 2.70 bits per heavy atom. The number of hydrogen-bond donors (Lipinski definition) is 2. The predicted molar refractivity (Wildman–Crippen MR) is 39.7 cm³/mol. The molecule has 1 atom stereocenters. The van der Waals surface area contributed by atoms with Gasteiger partial charge >= 0.3 is 24.8 Å². The summed E-state index contributed by atoms with van der Waals surface area (Å²) in [5, 5.41) is 8.27. The Morgan fingerprint density at radius 1 is 1.90 bits per heavy atom. The minimum atomic E-state index is -0.913. The van der Waals surface area contributed by atoms with Gasteiger partial charge in [0.2, 0.25) is 0 Å². The van der Waals surface area contributed by atoms with E-state index >= 15 is 0 Å². The molecule has 0 spiro atoms. The molecule has 0 unspecified atom stereocenters. The molecule has 5 heteroatoms. The standard InChI is InChI=1S/C5H11NO2S.Li.H/c1-9-3-2-4(6)5(7)8;;/h4H,2-3,6H2,1H3,(H,7,8);;/q;+1;-1/t4-;;/m0../s1. The molecular weight excluding hydrogens is 145 g/mol. The first kappa shape index (κ1) is 13.0. The number of rotatable bonds is 4. The molecule has 0 aromatic heterocycles. The Balaban J connectivity index is -0.000000320. The van der Waals surface area contributed by atoms with Gasteiger partial charge in [0, 0.05) is 0 Å². The largest absolute Gasteiger partial charge is 1.00 e. The molecule has 0 saturated heterocycles. The third-order valence-corrected chi connectivity index (χ3v) is 1.59. The molecule has 0 aromatic rings. The van der Waals surface area contributed by atoms with Crippen LogP contribution in [0.15, 0.2) is 0 Å². The van der Waals surface area contributed by atoms with E-state index in [4.69, 9.17) is 10.8 Å². The summed E-state index contributed by atoms with van der Waals surface area (Å²) in [5.74, 6) is -0.1000. The summed E-state index contributed by atoms with van der Waals surface area (Å²) in [4.78, 5) is 10.1. The predicted octanol–water partition coefficient (Wildman–Crippen LogP) is -2.73. The van der Waals surface area contributed by atoms with Crippen LogP contribution in [-0.2, 0) is 4.79 Å². The van der Waals surface area contributed by atoms with Gasteiger partial charge in [0.1, 0.15) is 6.04 Å². The SMILES string of the molecule is CSCC[C@H](N)C(=O)O.[H-].[Li+]. The normalized spacial score (nSPS) is 11.8. The summed E-state index contributed by atoms with van der Waals surface area (Å²) < 4.78 is 0. The van der Waals surface area contributed by atoms with Crippen molar-refractivity contribution in [2.75, 3.05) is 12.0 Å². The second-order valence-electron chi connectivity index (χ2n) is 1.73. The third kappa shape index (κ3) is 6.50. The van der Waals surface area contributed by atoms with Crippen LogP contribution in [0.3, 0.4) is 0 Å². The molecule has 0 heterocycles. The van der Waals surface area contributed by atoms with Gasteiger partial charge in [0.25, 0.3) is 0 Å². The van der Waals surface area contributed by atoms with Crippen molar-refractivity contribution in [2.45, 2.75) is 12.5 Å². The van der Waals surface area contributed by atoms with Gasteiger partial charge < -0.3 is 12.3 Å². The molecule has 0 aromatic carbocycles. The van der Waals surface area contributed by atoms with Crippen molar-refractivity contribution >= 4 is 17.7 Å². The van der Waals surface area contributed by atoms with Gasteiger partial charge in [-0.05, 0) is 18.4 Å². The fraction of sp³-hybridized carbons (Fsp3) is 0.800. The quantitative estimate of drug-likeness (QED) is 0.435. The van der Waals surface area contributed by atoms with Crippen LogP contribution in [0, 0.1) is 0 Å². The molecule has 0 fully saturated rings. The van der Waals surface area contributed by atoms with Crippen LogP contribution in [-0.4, -0.2) is 29.1 Å².